The van der Waals surface area contributed by atoms with Crippen LogP contribution in [0.1, 0.15) is 35.8 Å². The van der Waals surface area contributed by atoms with Gasteiger partial charge in [-0.1, -0.05) is 25.1 Å². The van der Waals surface area contributed by atoms with Crippen molar-refractivity contribution in [3.05, 3.63) is 53.6 Å². The minimum atomic E-state index is -1.04. The number of amides is 2. The molecule has 1 fully saturated rings. The van der Waals surface area contributed by atoms with E-state index in [0.29, 0.717) is 22.7 Å². The molecule has 4 atom stereocenters. The average Bonchev–Trinajstić information content (AvgIpc) is 3.41. The fourth-order valence-corrected chi connectivity index (χ4v) is 4.44. The van der Waals surface area contributed by atoms with Crippen LogP contribution in [0, 0.1) is 17.3 Å². The normalized spacial score (nSPS) is 25.2. The molecule has 1 aliphatic carbocycles. The van der Waals surface area contributed by atoms with Crippen LogP contribution in [0.25, 0.3) is 0 Å². The first-order valence-electron chi connectivity index (χ1n) is 9.80. The number of Topliss-reactive ketones (excluding diaryl/α,β-unsaturated/α-hetero) is 1. The molecule has 2 unspecified atom stereocenters. The third kappa shape index (κ3) is 2.93. The van der Waals surface area contributed by atoms with Gasteiger partial charge in [0.1, 0.15) is 0 Å². The molecule has 0 bridgehead atoms. The molecule has 4 rings (SSSR count). The van der Waals surface area contributed by atoms with E-state index in [4.69, 9.17) is 9.47 Å². The summed E-state index contributed by atoms with van der Waals surface area (Å²) in [5.74, 6) is -1.03. The zero-order chi connectivity index (χ0) is 21.6. The molecule has 30 heavy (non-hydrogen) atoms. The molecule has 2 aromatic rings. The van der Waals surface area contributed by atoms with Crippen molar-refractivity contribution in [3.63, 3.8) is 0 Å². The van der Waals surface area contributed by atoms with Gasteiger partial charge < -0.3 is 20.1 Å². The molecule has 2 aliphatic rings. The lowest BCUT2D eigenvalue weighted by Gasteiger charge is -2.18. The molecular formula is C23H24N2O5. The van der Waals surface area contributed by atoms with Crippen LogP contribution in [0.3, 0.4) is 0 Å². The summed E-state index contributed by atoms with van der Waals surface area (Å²) in [4.78, 5) is 38.9. The molecule has 0 radical (unpaired) electrons. The van der Waals surface area contributed by atoms with Crippen LogP contribution in [0.5, 0.6) is 11.5 Å². The van der Waals surface area contributed by atoms with Gasteiger partial charge >= 0.3 is 0 Å². The Kier molecular flexibility index (Phi) is 4.76. The second-order valence-electron chi connectivity index (χ2n) is 7.95. The number of benzene rings is 2. The zero-order valence-electron chi connectivity index (χ0n) is 17.3. The number of carbonyl (C=O) groups excluding carboxylic acids is 3. The molecule has 2 amide bonds. The van der Waals surface area contributed by atoms with Crippen molar-refractivity contribution in [3.8, 4) is 11.5 Å². The minimum absolute atomic E-state index is 0.180. The van der Waals surface area contributed by atoms with Gasteiger partial charge in [-0.25, -0.2) is 0 Å². The standard InChI is InChI=1S/C23H24N2O5/c1-12(13-9-10-16(29-3)17(11-13)30-4)24-21(27)18-19-22(28)25-15-8-6-5-7-14(15)20(26)23(18,19)2/h5-12,18-19H,1-4H3,(H,24,27)(H,25,28)/t12?,18-,19?,23+/m0/s1. The van der Waals surface area contributed by atoms with E-state index in [1.54, 1.807) is 57.5 Å². The van der Waals surface area contributed by atoms with Crippen molar-refractivity contribution >= 4 is 23.3 Å². The summed E-state index contributed by atoms with van der Waals surface area (Å²) < 4.78 is 10.6. The summed E-state index contributed by atoms with van der Waals surface area (Å²) in [6.07, 6.45) is 0. The predicted octanol–water partition coefficient (Wildman–Crippen LogP) is 2.97. The molecule has 0 spiro atoms. The maximum Gasteiger partial charge on any atom is 0.229 e. The lowest BCUT2D eigenvalue weighted by Crippen LogP contribution is -2.32. The highest BCUT2D eigenvalue weighted by molar-refractivity contribution is 6.19. The Hall–Kier alpha value is -3.35. The number of hydrogen-bond acceptors (Lipinski definition) is 5. The molecule has 156 valence electrons. The molecule has 0 aromatic heterocycles. The number of anilines is 1. The van der Waals surface area contributed by atoms with E-state index in [0.717, 1.165) is 5.56 Å². The lowest BCUT2D eigenvalue weighted by atomic mass is 9.92. The van der Waals surface area contributed by atoms with E-state index >= 15 is 0 Å². The van der Waals surface area contributed by atoms with Crippen LogP contribution in [0.15, 0.2) is 42.5 Å². The molecule has 2 aromatic carbocycles. The smallest absolute Gasteiger partial charge is 0.229 e. The van der Waals surface area contributed by atoms with Crippen LogP contribution < -0.4 is 20.1 Å². The fourth-order valence-electron chi connectivity index (χ4n) is 4.44. The van der Waals surface area contributed by atoms with Crippen molar-refractivity contribution in [1.82, 2.24) is 5.32 Å². The number of carbonyl (C=O) groups is 3. The Morgan fingerprint density at radius 3 is 2.50 bits per heavy atom. The third-order valence-corrected chi connectivity index (χ3v) is 6.27. The number of methoxy groups -OCH3 is 2. The van der Waals surface area contributed by atoms with Gasteiger partial charge in [0.25, 0.3) is 0 Å². The van der Waals surface area contributed by atoms with Crippen LogP contribution >= 0.6 is 0 Å². The van der Waals surface area contributed by atoms with E-state index in [-0.39, 0.29) is 23.6 Å². The summed E-state index contributed by atoms with van der Waals surface area (Å²) in [5.41, 5.74) is 0.726. The first-order valence-corrected chi connectivity index (χ1v) is 9.80. The second-order valence-corrected chi connectivity index (χ2v) is 7.95. The average molecular weight is 408 g/mol. The van der Waals surface area contributed by atoms with Gasteiger partial charge in [-0.3, -0.25) is 14.4 Å². The predicted molar refractivity (Wildman–Crippen MR) is 111 cm³/mol. The summed E-state index contributed by atoms with van der Waals surface area (Å²) in [6.45, 7) is 3.55. The maximum absolute atomic E-state index is 13.2. The highest BCUT2D eigenvalue weighted by atomic mass is 16.5. The molecule has 0 saturated heterocycles. The highest BCUT2D eigenvalue weighted by Crippen LogP contribution is 2.62. The van der Waals surface area contributed by atoms with Crippen LogP contribution in [0.4, 0.5) is 5.69 Å². The number of ether oxygens (including phenoxy) is 2. The molecule has 7 nitrogen and oxygen atoms in total. The molecular weight excluding hydrogens is 384 g/mol. The lowest BCUT2D eigenvalue weighted by molar-refractivity contribution is -0.125. The molecule has 2 N–H and O–H groups in total. The van der Waals surface area contributed by atoms with Gasteiger partial charge in [0.2, 0.25) is 11.8 Å². The number of rotatable bonds is 5. The summed E-state index contributed by atoms with van der Waals surface area (Å²) in [6, 6.07) is 12.0. The third-order valence-electron chi connectivity index (χ3n) is 6.27. The van der Waals surface area contributed by atoms with Crippen molar-refractivity contribution in [1.29, 1.82) is 0 Å². The topological polar surface area (TPSA) is 93.7 Å². The molecule has 1 heterocycles. The minimum Gasteiger partial charge on any atom is -0.493 e. The number of fused-ring (bicyclic) bond motifs is 2. The molecule has 7 heteroatoms. The van der Waals surface area contributed by atoms with Crippen molar-refractivity contribution in [2.45, 2.75) is 19.9 Å². The van der Waals surface area contributed by atoms with Crippen molar-refractivity contribution in [2.75, 3.05) is 19.5 Å². The van der Waals surface area contributed by atoms with Gasteiger partial charge in [-0.05, 0) is 36.8 Å². The van der Waals surface area contributed by atoms with Gasteiger partial charge in [-0.15, -0.1) is 0 Å². The largest absolute Gasteiger partial charge is 0.493 e. The first-order chi connectivity index (χ1) is 14.3. The zero-order valence-corrected chi connectivity index (χ0v) is 17.3. The number of hydrogen-bond donors (Lipinski definition) is 2. The molecule has 1 saturated carbocycles. The van der Waals surface area contributed by atoms with E-state index in [1.807, 2.05) is 13.0 Å². The van der Waals surface area contributed by atoms with Gasteiger partial charge in [0.15, 0.2) is 17.3 Å². The van der Waals surface area contributed by atoms with Gasteiger partial charge in [-0.2, -0.15) is 0 Å². The van der Waals surface area contributed by atoms with Gasteiger partial charge in [0, 0.05) is 5.56 Å². The van der Waals surface area contributed by atoms with E-state index < -0.39 is 17.3 Å². The summed E-state index contributed by atoms with van der Waals surface area (Å²) in [7, 11) is 3.10. The van der Waals surface area contributed by atoms with E-state index in [9.17, 15) is 14.4 Å². The quantitative estimate of drug-likeness (QED) is 0.793. The van der Waals surface area contributed by atoms with Crippen molar-refractivity contribution in [2.24, 2.45) is 17.3 Å². The Labute approximate surface area is 174 Å². The van der Waals surface area contributed by atoms with Crippen LogP contribution in [-0.2, 0) is 9.59 Å². The molecule has 1 aliphatic heterocycles. The second kappa shape index (κ2) is 7.16. The van der Waals surface area contributed by atoms with Crippen molar-refractivity contribution < 1.29 is 23.9 Å². The first kappa shape index (κ1) is 19.9. The monoisotopic (exact) mass is 408 g/mol. The SMILES string of the molecule is COc1ccc(C(C)NC(=O)[C@@H]2C3C(=O)Nc4ccccc4C(=O)[C@@]32C)cc1OC. The number of ketones is 1. The Balaban J connectivity index is 1.55. The number of nitrogens with one attached hydrogen (secondary N) is 2. The van der Waals surface area contributed by atoms with E-state index in [2.05, 4.69) is 10.6 Å². The van der Waals surface area contributed by atoms with E-state index in [1.165, 1.54) is 0 Å². The number of para-hydroxylation sites is 1. The highest BCUT2D eigenvalue weighted by Gasteiger charge is 2.73. The summed E-state index contributed by atoms with van der Waals surface area (Å²) in [5, 5.41) is 5.74. The summed E-state index contributed by atoms with van der Waals surface area (Å²) >= 11 is 0. The van der Waals surface area contributed by atoms with Crippen LogP contribution in [0.2, 0.25) is 0 Å². The van der Waals surface area contributed by atoms with Gasteiger partial charge in [0.05, 0.1) is 43.2 Å². The Bertz CT molecular complexity index is 1050. The fraction of sp³-hybridized carbons (Fsp3) is 0.348. The Morgan fingerprint density at radius 1 is 1.10 bits per heavy atom. The maximum atomic E-state index is 13.2. The Morgan fingerprint density at radius 2 is 1.80 bits per heavy atom. The van der Waals surface area contributed by atoms with Crippen LogP contribution in [-0.4, -0.2) is 31.8 Å².